The number of nitrogens with two attached hydrogens (primary N) is 1. The molecule has 0 aromatic heterocycles. The SMILES string of the molecule is CC(C)CN(C1CC1)S(=O)(=O)c1cc(F)c(Cl)c(CN)c1. The van der Waals surface area contributed by atoms with Crippen LogP contribution in [-0.4, -0.2) is 25.3 Å². The Kier molecular flexibility index (Phi) is 4.92. The zero-order chi connectivity index (χ0) is 15.8. The summed E-state index contributed by atoms with van der Waals surface area (Å²) in [7, 11) is -3.73. The molecule has 0 saturated heterocycles. The number of benzene rings is 1. The second-order valence-corrected chi connectivity index (χ2v) is 8.05. The number of nitrogens with zero attached hydrogens (tertiary/aromatic N) is 1. The summed E-state index contributed by atoms with van der Waals surface area (Å²) in [5, 5.41) is -0.113. The van der Waals surface area contributed by atoms with Crippen molar-refractivity contribution >= 4 is 21.6 Å². The normalized spacial score (nSPS) is 16.0. The molecule has 1 fully saturated rings. The number of sulfonamides is 1. The Labute approximate surface area is 130 Å². The van der Waals surface area contributed by atoms with Crippen molar-refractivity contribution in [3.63, 3.8) is 0 Å². The lowest BCUT2D eigenvalue weighted by molar-refractivity contribution is 0.360. The van der Waals surface area contributed by atoms with Crippen molar-refractivity contribution < 1.29 is 12.8 Å². The predicted molar refractivity (Wildman–Crippen MR) is 81.1 cm³/mol. The molecular weight excluding hydrogens is 315 g/mol. The van der Waals surface area contributed by atoms with Crippen LogP contribution >= 0.6 is 11.6 Å². The molecule has 0 amide bonds. The molecule has 0 atom stereocenters. The van der Waals surface area contributed by atoms with Crippen LogP contribution in [0.4, 0.5) is 4.39 Å². The van der Waals surface area contributed by atoms with Gasteiger partial charge in [0.25, 0.3) is 0 Å². The molecule has 1 aromatic carbocycles. The fourth-order valence-corrected chi connectivity index (χ4v) is 4.32. The zero-order valence-electron chi connectivity index (χ0n) is 12.1. The van der Waals surface area contributed by atoms with E-state index in [0.29, 0.717) is 12.1 Å². The second kappa shape index (κ2) is 6.20. The van der Waals surface area contributed by atoms with Crippen molar-refractivity contribution in [1.29, 1.82) is 0 Å². The van der Waals surface area contributed by atoms with E-state index in [4.69, 9.17) is 17.3 Å². The summed E-state index contributed by atoms with van der Waals surface area (Å²) in [6, 6.07) is 2.38. The molecule has 0 unspecified atom stereocenters. The summed E-state index contributed by atoms with van der Waals surface area (Å²) >= 11 is 5.79. The first-order valence-electron chi connectivity index (χ1n) is 6.97. The molecule has 21 heavy (non-hydrogen) atoms. The van der Waals surface area contributed by atoms with Crippen molar-refractivity contribution in [2.24, 2.45) is 11.7 Å². The lowest BCUT2D eigenvalue weighted by atomic mass is 10.2. The minimum atomic E-state index is -3.73. The van der Waals surface area contributed by atoms with Crippen molar-refractivity contribution in [2.45, 2.75) is 44.2 Å². The highest BCUT2D eigenvalue weighted by Gasteiger charge is 2.38. The maximum absolute atomic E-state index is 13.8. The summed E-state index contributed by atoms with van der Waals surface area (Å²) in [6.07, 6.45) is 1.71. The molecule has 1 saturated carbocycles. The summed E-state index contributed by atoms with van der Waals surface area (Å²) in [5.74, 6) is -0.551. The van der Waals surface area contributed by atoms with Crippen LogP contribution in [-0.2, 0) is 16.6 Å². The summed E-state index contributed by atoms with van der Waals surface area (Å²) in [4.78, 5) is -0.0719. The summed E-state index contributed by atoms with van der Waals surface area (Å²) in [5.41, 5.74) is 5.80. The average Bonchev–Trinajstić information content (AvgIpc) is 3.22. The Bertz CT molecular complexity index is 630. The van der Waals surface area contributed by atoms with Gasteiger partial charge in [-0.3, -0.25) is 0 Å². The van der Waals surface area contributed by atoms with Crippen molar-refractivity contribution in [3.8, 4) is 0 Å². The van der Waals surface area contributed by atoms with E-state index < -0.39 is 15.8 Å². The van der Waals surface area contributed by atoms with E-state index in [2.05, 4.69) is 0 Å². The second-order valence-electron chi connectivity index (χ2n) is 5.78. The summed E-state index contributed by atoms with van der Waals surface area (Å²) < 4.78 is 40.8. The molecule has 0 bridgehead atoms. The molecule has 2 rings (SSSR count). The Morgan fingerprint density at radius 3 is 2.52 bits per heavy atom. The van der Waals surface area contributed by atoms with E-state index >= 15 is 0 Å². The number of rotatable bonds is 6. The van der Waals surface area contributed by atoms with Gasteiger partial charge in [-0.1, -0.05) is 25.4 Å². The molecule has 1 aromatic rings. The van der Waals surface area contributed by atoms with Gasteiger partial charge in [-0.25, -0.2) is 12.8 Å². The maximum atomic E-state index is 13.8. The number of hydrogen-bond donors (Lipinski definition) is 1. The molecule has 0 heterocycles. The van der Waals surface area contributed by atoms with Crippen LogP contribution in [0.2, 0.25) is 5.02 Å². The molecule has 0 spiro atoms. The third kappa shape index (κ3) is 3.56. The first kappa shape index (κ1) is 16.7. The molecule has 7 heteroatoms. The molecule has 0 radical (unpaired) electrons. The van der Waals surface area contributed by atoms with Crippen LogP contribution in [0.15, 0.2) is 17.0 Å². The van der Waals surface area contributed by atoms with Gasteiger partial charge in [-0.05, 0) is 36.5 Å². The monoisotopic (exact) mass is 334 g/mol. The van der Waals surface area contributed by atoms with Crippen LogP contribution in [0.3, 0.4) is 0 Å². The molecule has 2 N–H and O–H groups in total. The zero-order valence-corrected chi connectivity index (χ0v) is 13.7. The van der Waals surface area contributed by atoms with Crippen molar-refractivity contribution in [3.05, 3.63) is 28.5 Å². The van der Waals surface area contributed by atoms with Crippen LogP contribution in [0.25, 0.3) is 0 Å². The van der Waals surface area contributed by atoms with Gasteiger partial charge < -0.3 is 5.73 Å². The first-order valence-corrected chi connectivity index (χ1v) is 8.79. The maximum Gasteiger partial charge on any atom is 0.243 e. The van der Waals surface area contributed by atoms with Gasteiger partial charge in [0.15, 0.2) is 0 Å². The lowest BCUT2D eigenvalue weighted by Crippen LogP contribution is -2.36. The van der Waals surface area contributed by atoms with Crippen LogP contribution in [0.5, 0.6) is 0 Å². The lowest BCUT2D eigenvalue weighted by Gasteiger charge is -2.24. The Morgan fingerprint density at radius 1 is 1.43 bits per heavy atom. The molecule has 118 valence electrons. The van der Waals surface area contributed by atoms with Gasteiger partial charge in [-0.2, -0.15) is 4.31 Å². The fourth-order valence-electron chi connectivity index (χ4n) is 2.22. The molecular formula is C14H20ClFN2O2S. The van der Waals surface area contributed by atoms with Crippen LogP contribution in [0.1, 0.15) is 32.3 Å². The first-order chi connectivity index (χ1) is 9.77. The third-order valence-electron chi connectivity index (χ3n) is 3.40. The molecule has 1 aliphatic carbocycles. The van der Waals surface area contributed by atoms with Crippen LogP contribution < -0.4 is 5.73 Å². The Balaban J connectivity index is 2.44. The highest BCUT2D eigenvalue weighted by atomic mass is 35.5. The number of hydrogen-bond acceptors (Lipinski definition) is 3. The minimum Gasteiger partial charge on any atom is -0.326 e. The van der Waals surface area contributed by atoms with E-state index in [-0.39, 0.29) is 28.4 Å². The molecule has 1 aliphatic rings. The molecule has 4 nitrogen and oxygen atoms in total. The van der Waals surface area contributed by atoms with E-state index in [1.165, 1.54) is 10.4 Å². The van der Waals surface area contributed by atoms with Crippen molar-refractivity contribution in [1.82, 2.24) is 4.31 Å². The summed E-state index contributed by atoms with van der Waals surface area (Å²) in [6.45, 7) is 4.33. The van der Waals surface area contributed by atoms with Gasteiger partial charge in [0.05, 0.1) is 9.92 Å². The Morgan fingerprint density at radius 2 is 2.05 bits per heavy atom. The van der Waals surface area contributed by atoms with Crippen LogP contribution in [0, 0.1) is 11.7 Å². The predicted octanol–water partition coefficient (Wildman–Crippen LogP) is 2.75. The largest absolute Gasteiger partial charge is 0.326 e. The molecule has 0 aliphatic heterocycles. The Hall–Kier alpha value is -0.690. The topological polar surface area (TPSA) is 63.4 Å². The van der Waals surface area contributed by atoms with E-state index in [0.717, 1.165) is 18.9 Å². The van der Waals surface area contributed by atoms with Gasteiger partial charge in [0.2, 0.25) is 10.0 Å². The van der Waals surface area contributed by atoms with E-state index in [1.54, 1.807) is 0 Å². The van der Waals surface area contributed by atoms with Gasteiger partial charge in [0.1, 0.15) is 5.82 Å². The van der Waals surface area contributed by atoms with E-state index in [1.807, 2.05) is 13.8 Å². The third-order valence-corrected chi connectivity index (χ3v) is 5.72. The smallest absolute Gasteiger partial charge is 0.243 e. The standard InChI is InChI=1S/C14H20ClFN2O2S/c1-9(2)8-18(11-3-4-11)21(19,20)12-5-10(7-17)14(15)13(16)6-12/h5-6,9,11H,3-4,7-8,17H2,1-2H3. The average molecular weight is 335 g/mol. The van der Waals surface area contributed by atoms with Gasteiger partial charge >= 0.3 is 0 Å². The highest BCUT2D eigenvalue weighted by Crippen LogP contribution is 2.34. The highest BCUT2D eigenvalue weighted by molar-refractivity contribution is 7.89. The van der Waals surface area contributed by atoms with Crippen molar-refractivity contribution in [2.75, 3.05) is 6.54 Å². The minimum absolute atomic E-state index is 0.00722. The van der Waals surface area contributed by atoms with Gasteiger partial charge in [0, 0.05) is 19.1 Å². The number of halogens is 2. The quantitative estimate of drug-likeness (QED) is 0.870. The van der Waals surface area contributed by atoms with E-state index in [9.17, 15) is 12.8 Å². The van der Waals surface area contributed by atoms with Gasteiger partial charge in [-0.15, -0.1) is 0 Å². The fraction of sp³-hybridized carbons (Fsp3) is 0.571.